The highest BCUT2D eigenvalue weighted by atomic mass is 79.9. The Balaban J connectivity index is 3.28. The van der Waals surface area contributed by atoms with E-state index in [1.807, 2.05) is 0 Å². The van der Waals surface area contributed by atoms with Crippen molar-refractivity contribution in [1.82, 2.24) is 0 Å². The van der Waals surface area contributed by atoms with E-state index in [-0.39, 0.29) is 11.9 Å². The molecule has 0 saturated carbocycles. The van der Waals surface area contributed by atoms with E-state index in [0.717, 1.165) is 0 Å². The highest BCUT2D eigenvalue weighted by molar-refractivity contribution is 9.10. The Bertz CT molecular complexity index is 301. The maximum atomic E-state index is 13.2. The van der Waals surface area contributed by atoms with E-state index in [4.69, 9.17) is 17.3 Å². The SMILES string of the molecule is CC(N)c1cc(Cl)cc(Br)c1F. The molecule has 4 heteroatoms. The Morgan fingerprint density at radius 1 is 1.58 bits per heavy atom. The summed E-state index contributed by atoms with van der Waals surface area (Å²) in [7, 11) is 0. The van der Waals surface area contributed by atoms with Crippen LogP contribution in [0.4, 0.5) is 4.39 Å². The molecule has 66 valence electrons. The lowest BCUT2D eigenvalue weighted by atomic mass is 10.1. The van der Waals surface area contributed by atoms with E-state index < -0.39 is 0 Å². The summed E-state index contributed by atoms with van der Waals surface area (Å²) in [5.41, 5.74) is 5.96. The first-order chi connectivity index (χ1) is 5.52. The zero-order valence-electron chi connectivity index (χ0n) is 6.44. The lowest BCUT2D eigenvalue weighted by Crippen LogP contribution is -2.07. The molecule has 0 aliphatic heterocycles. The molecule has 0 radical (unpaired) electrons. The second-order valence-electron chi connectivity index (χ2n) is 2.58. The summed E-state index contributed by atoms with van der Waals surface area (Å²) in [6, 6.07) is 2.69. The van der Waals surface area contributed by atoms with Gasteiger partial charge in [0.2, 0.25) is 0 Å². The lowest BCUT2D eigenvalue weighted by molar-refractivity contribution is 0.587. The number of hydrogen-bond donors (Lipinski definition) is 1. The van der Waals surface area contributed by atoms with Crippen LogP contribution in [-0.4, -0.2) is 0 Å². The summed E-state index contributed by atoms with van der Waals surface area (Å²) in [5, 5.41) is 0.482. The summed E-state index contributed by atoms with van der Waals surface area (Å²) in [6.07, 6.45) is 0. The first-order valence-corrected chi connectivity index (χ1v) is 4.59. The molecule has 0 bridgehead atoms. The number of hydrogen-bond acceptors (Lipinski definition) is 1. The van der Waals surface area contributed by atoms with Gasteiger partial charge in [-0.2, -0.15) is 0 Å². The number of halogens is 3. The minimum atomic E-state index is -0.347. The summed E-state index contributed by atoms with van der Waals surface area (Å²) in [5.74, 6) is -0.339. The van der Waals surface area contributed by atoms with E-state index in [1.165, 1.54) is 12.1 Å². The van der Waals surface area contributed by atoms with Crippen molar-refractivity contribution >= 4 is 27.5 Å². The minimum absolute atomic E-state index is 0.339. The van der Waals surface area contributed by atoms with Gasteiger partial charge in [0.1, 0.15) is 5.82 Å². The largest absolute Gasteiger partial charge is 0.324 e. The summed E-state index contributed by atoms with van der Waals surface area (Å²) < 4.78 is 13.6. The van der Waals surface area contributed by atoms with E-state index in [9.17, 15) is 4.39 Å². The highest BCUT2D eigenvalue weighted by Crippen LogP contribution is 2.26. The van der Waals surface area contributed by atoms with Crippen LogP contribution in [0.1, 0.15) is 18.5 Å². The predicted octanol–water partition coefficient (Wildman–Crippen LogP) is 3.26. The van der Waals surface area contributed by atoms with Crippen LogP contribution in [0.3, 0.4) is 0 Å². The molecule has 1 unspecified atom stereocenters. The van der Waals surface area contributed by atoms with Gasteiger partial charge in [0, 0.05) is 16.6 Å². The molecule has 12 heavy (non-hydrogen) atoms. The topological polar surface area (TPSA) is 26.0 Å². The van der Waals surface area contributed by atoms with E-state index in [1.54, 1.807) is 6.92 Å². The van der Waals surface area contributed by atoms with Gasteiger partial charge in [-0.15, -0.1) is 0 Å². The molecule has 0 amide bonds. The van der Waals surface area contributed by atoms with Crippen molar-refractivity contribution in [2.45, 2.75) is 13.0 Å². The van der Waals surface area contributed by atoms with Crippen molar-refractivity contribution in [3.63, 3.8) is 0 Å². The van der Waals surface area contributed by atoms with Crippen LogP contribution in [0.2, 0.25) is 5.02 Å². The zero-order chi connectivity index (χ0) is 9.30. The number of benzene rings is 1. The smallest absolute Gasteiger partial charge is 0.142 e. The van der Waals surface area contributed by atoms with Gasteiger partial charge >= 0.3 is 0 Å². The second-order valence-corrected chi connectivity index (χ2v) is 3.87. The van der Waals surface area contributed by atoms with Crippen molar-refractivity contribution in [3.8, 4) is 0 Å². The van der Waals surface area contributed by atoms with Crippen LogP contribution in [0, 0.1) is 5.82 Å². The Morgan fingerprint density at radius 3 is 2.67 bits per heavy atom. The van der Waals surface area contributed by atoms with Gasteiger partial charge in [-0.05, 0) is 35.0 Å². The fraction of sp³-hybridized carbons (Fsp3) is 0.250. The van der Waals surface area contributed by atoms with Gasteiger partial charge < -0.3 is 5.73 Å². The minimum Gasteiger partial charge on any atom is -0.324 e. The molecule has 0 aliphatic rings. The molecule has 1 rings (SSSR count). The molecule has 0 heterocycles. The van der Waals surface area contributed by atoms with Crippen LogP contribution < -0.4 is 5.73 Å². The van der Waals surface area contributed by atoms with Crippen LogP contribution in [0.15, 0.2) is 16.6 Å². The van der Waals surface area contributed by atoms with Crippen LogP contribution in [0.5, 0.6) is 0 Å². The number of rotatable bonds is 1. The summed E-state index contributed by atoms with van der Waals surface area (Å²) >= 11 is 8.76. The van der Waals surface area contributed by atoms with Gasteiger partial charge in [0.05, 0.1) is 4.47 Å². The third kappa shape index (κ3) is 1.97. The molecule has 0 aliphatic carbocycles. The van der Waals surface area contributed by atoms with Crippen molar-refractivity contribution in [1.29, 1.82) is 0 Å². The molecule has 1 aromatic carbocycles. The molecule has 1 atom stereocenters. The Hall–Kier alpha value is -0.120. The maximum absolute atomic E-state index is 13.2. The van der Waals surface area contributed by atoms with Gasteiger partial charge in [-0.25, -0.2) is 4.39 Å². The van der Waals surface area contributed by atoms with Gasteiger partial charge in [0.15, 0.2) is 0 Å². The molecule has 1 aromatic rings. The van der Waals surface area contributed by atoms with E-state index in [2.05, 4.69) is 15.9 Å². The second kappa shape index (κ2) is 3.73. The third-order valence-corrected chi connectivity index (χ3v) is 2.31. The molecule has 0 saturated heterocycles. The van der Waals surface area contributed by atoms with Crippen LogP contribution in [0.25, 0.3) is 0 Å². The summed E-state index contributed by atoms with van der Waals surface area (Å²) in [4.78, 5) is 0. The molecule has 0 spiro atoms. The van der Waals surface area contributed by atoms with Crippen molar-refractivity contribution in [2.75, 3.05) is 0 Å². The molecule has 0 fully saturated rings. The predicted molar refractivity (Wildman–Crippen MR) is 51.7 cm³/mol. The van der Waals surface area contributed by atoms with E-state index >= 15 is 0 Å². The van der Waals surface area contributed by atoms with Crippen LogP contribution >= 0.6 is 27.5 Å². The molecule has 0 aromatic heterocycles. The monoisotopic (exact) mass is 251 g/mol. The highest BCUT2D eigenvalue weighted by Gasteiger charge is 2.11. The number of nitrogens with two attached hydrogens (primary N) is 1. The molecular weight excluding hydrogens is 244 g/mol. The van der Waals surface area contributed by atoms with Gasteiger partial charge in [-0.1, -0.05) is 11.6 Å². The normalized spacial score (nSPS) is 13.1. The van der Waals surface area contributed by atoms with Crippen molar-refractivity contribution in [3.05, 3.63) is 33.0 Å². The quantitative estimate of drug-likeness (QED) is 0.763. The maximum Gasteiger partial charge on any atom is 0.142 e. The standard InChI is InChI=1S/C8H8BrClFN/c1-4(12)6-2-5(10)3-7(9)8(6)11/h2-4H,12H2,1H3. The van der Waals surface area contributed by atoms with Crippen molar-refractivity contribution < 1.29 is 4.39 Å². The molecular formula is C8H8BrClFN. The first-order valence-electron chi connectivity index (χ1n) is 3.42. The lowest BCUT2D eigenvalue weighted by Gasteiger charge is -2.08. The Morgan fingerprint density at radius 2 is 2.17 bits per heavy atom. The fourth-order valence-electron chi connectivity index (χ4n) is 0.907. The van der Waals surface area contributed by atoms with Crippen LogP contribution in [-0.2, 0) is 0 Å². The fourth-order valence-corrected chi connectivity index (χ4v) is 1.74. The first kappa shape index (κ1) is 9.96. The van der Waals surface area contributed by atoms with E-state index in [0.29, 0.717) is 15.1 Å². The molecule has 2 N–H and O–H groups in total. The van der Waals surface area contributed by atoms with Gasteiger partial charge in [-0.3, -0.25) is 0 Å². The Labute approximate surface area is 83.8 Å². The molecule has 1 nitrogen and oxygen atoms in total. The van der Waals surface area contributed by atoms with Crippen molar-refractivity contribution in [2.24, 2.45) is 5.73 Å². The average Bonchev–Trinajstić information content (AvgIpc) is 1.96. The summed E-state index contributed by atoms with van der Waals surface area (Å²) in [6.45, 7) is 1.71. The van der Waals surface area contributed by atoms with Gasteiger partial charge in [0.25, 0.3) is 0 Å². The third-order valence-electron chi connectivity index (χ3n) is 1.51. The Kier molecular flexibility index (Phi) is 3.09. The average molecular weight is 253 g/mol. The zero-order valence-corrected chi connectivity index (χ0v) is 8.79.